The standard InChI is InChI=1S/C24H35N3O2/c28-23(27-21-8-2-1-3-9-21)18-12-10-17(11-13-18)15-26-24(29)22-14-19-6-4-5-7-20(19)16-25-22/h4-7,17-18,21-22,25H,1-3,8-16H2,(H,26,29)(H,27,28)/p+1/t17?,18?,22-/m0/s1. The number of benzene rings is 1. The number of rotatable bonds is 5. The van der Waals surface area contributed by atoms with Gasteiger partial charge in [-0.2, -0.15) is 0 Å². The Morgan fingerprint density at radius 2 is 1.62 bits per heavy atom. The quantitative estimate of drug-likeness (QED) is 0.710. The lowest BCUT2D eigenvalue weighted by Gasteiger charge is -2.30. The maximum Gasteiger partial charge on any atom is 0.278 e. The van der Waals surface area contributed by atoms with Crippen LogP contribution in [-0.4, -0.2) is 30.4 Å². The molecule has 1 aliphatic heterocycles. The summed E-state index contributed by atoms with van der Waals surface area (Å²) >= 11 is 0. The molecule has 2 fully saturated rings. The minimum atomic E-state index is -0.0116. The molecule has 4 rings (SSSR count). The van der Waals surface area contributed by atoms with Crippen molar-refractivity contribution in [2.24, 2.45) is 11.8 Å². The van der Waals surface area contributed by atoms with Crippen LogP contribution >= 0.6 is 0 Å². The van der Waals surface area contributed by atoms with Crippen LogP contribution in [0.5, 0.6) is 0 Å². The Bertz CT molecular complexity index is 706. The molecule has 0 saturated heterocycles. The zero-order valence-electron chi connectivity index (χ0n) is 17.5. The van der Waals surface area contributed by atoms with Crippen molar-refractivity contribution in [3.8, 4) is 0 Å². The summed E-state index contributed by atoms with van der Waals surface area (Å²) in [4.78, 5) is 25.2. The highest BCUT2D eigenvalue weighted by Crippen LogP contribution is 2.29. The molecular weight excluding hydrogens is 362 g/mol. The van der Waals surface area contributed by atoms with E-state index >= 15 is 0 Å². The highest BCUT2D eigenvalue weighted by atomic mass is 16.2. The van der Waals surface area contributed by atoms with E-state index in [1.165, 1.54) is 30.4 Å². The number of carbonyl (C=O) groups excluding carboxylic acids is 2. The summed E-state index contributed by atoms with van der Waals surface area (Å²) in [7, 11) is 0. The van der Waals surface area contributed by atoms with Crippen LogP contribution in [0.3, 0.4) is 0 Å². The maximum atomic E-state index is 12.6. The number of nitrogens with two attached hydrogens (primary N) is 1. The fraction of sp³-hybridized carbons (Fsp3) is 0.667. The van der Waals surface area contributed by atoms with E-state index in [2.05, 4.69) is 40.2 Å². The highest BCUT2D eigenvalue weighted by molar-refractivity contribution is 5.81. The predicted octanol–water partition coefficient (Wildman–Crippen LogP) is 2.05. The third kappa shape index (κ3) is 5.39. The Hall–Kier alpha value is -1.88. The zero-order chi connectivity index (χ0) is 20.1. The van der Waals surface area contributed by atoms with E-state index in [0.717, 1.165) is 58.0 Å². The Labute approximate surface area is 174 Å². The monoisotopic (exact) mass is 398 g/mol. The number of amides is 2. The third-order valence-electron chi connectivity index (χ3n) is 7.25. The van der Waals surface area contributed by atoms with Gasteiger partial charge in [0.25, 0.3) is 5.91 Å². The van der Waals surface area contributed by atoms with Crippen molar-refractivity contribution in [3.63, 3.8) is 0 Å². The van der Waals surface area contributed by atoms with Gasteiger partial charge in [0.1, 0.15) is 6.54 Å². The summed E-state index contributed by atoms with van der Waals surface area (Å²) < 4.78 is 0. The predicted molar refractivity (Wildman–Crippen MR) is 113 cm³/mol. The number of quaternary nitrogens is 1. The summed E-state index contributed by atoms with van der Waals surface area (Å²) in [5.74, 6) is 1.12. The van der Waals surface area contributed by atoms with Gasteiger partial charge < -0.3 is 16.0 Å². The van der Waals surface area contributed by atoms with Gasteiger partial charge in [-0.25, -0.2) is 0 Å². The molecule has 1 atom stereocenters. The summed E-state index contributed by atoms with van der Waals surface area (Å²) in [6.45, 7) is 1.64. The lowest BCUT2D eigenvalue weighted by molar-refractivity contribution is -0.695. The average Bonchev–Trinajstić information content (AvgIpc) is 2.78. The molecule has 2 saturated carbocycles. The van der Waals surface area contributed by atoms with E-state index in [-0.39, 0.29) is 23.8 Å². The van der Waals surface area contributed by atoms with Crippen molar-refractivity contribution in [1.29, 1.82) is 0 Å². The van der Waals surface area contributed by atoms with Crippen LogP contribution in [0.4, 0.5) is 0 Å². The van der Waals surface area contributed by atoms with Gasteiger partial charge in [0.2, 0.25) is 5.91 Å². The lowest BCUT2D eigenvalue weighted by Crippen LogP contribution is -2.93. The first-order valence-corrected chi connectivity index (χ1v) is 11.7. The minimum Gasteiger partial charge on any atom is -0.353 e. The normalized spacial score (nSPS) is 27.7. The Balaban J connectivity index is 1.16. The molecule has 2 amide bonds. The number of hydrogen-bond donors (Lipinski definition) is 3. The minimum absolute atomic E-state index is 0.0116. The molecule has 5 nitrogen and oxygen atoms in total. The van der Waals surface area contributed by atoms with Crippen LogP contribution in [0.25, 0.3) is 0 Å². The molecule has 29 heavy (non-hydrogen) atoms. The molecule has 0 unspecified atom stereocenters. The van der Waals surface area contributed by atoms with Crippen molar-refractivity contribution in [2.75, 3.05) is 6.54 Å². The van der Waals surface area contributed by atoms with Gasteiger partial charge in [0.15, 0.2) is 6.04 Å². The fourth-order valence-electron chi connectivity index (χ4n) is 5.32. The molecule has 3 aliphatic rings. The second kappa shape index (κ2) is 9.75. The van der Waals surface area contributed by atoms with Crippen molar-refractivity contribution in [1.82, 2.24) is 10.6 Å². The Kier molecular flexibility index (Phi) is 6.86. The first-order chi connectivity index (χ1) is 14.2. The first kappa shape index (κ1) is 20.4. The van der Waals surface area contributed by atoms with Gasteiger partial charge in [0.05, 0.1) is 0 Å². The van der Waals surface area contributed by atoms with Gasteiger partial charge in [-0.05, 0) is 50.0 Å². The number of carbonyl (C=O) groups is 2. The number of nitrogens with one attached hydrogen (secondary N) is 2. The molecule has 1 aromatic carbocycles. The van der Waals surface area contributed by atoms with Gasteiger partial charge >= 0.3 is 0 Å². The molecule has 4 N–H and O–H groups in total. The molecule has 0 spiro atoms. The molecule has 0 bridgehead atoms. The van der Waals surface area contributed by atoms with E-state index in [0.29, 0.717) is 12.0 Å². The molecular formula is C24H36N3O2+. The van der Waals surface area contributed by atoms with Crippen LogP contribution in [0.2, 0.25) is 0 Å². The van der Waals surface area contributed by atoms with Crippen molar-refractivity contribution in [3.05, 3.63) is 35.4 Å². The summed E-state index contributed by atoms with van der Waals surface area (Å²) in [6, 6.07) is 8.82. The van der Waals surface area contributed by atoms with Crippen molar-refractivity contribution >= 4 is 11.8 Å². The molecule has 0 aromatic heterocycles. The summed E-state index contributed by atoms with van der Waals surface area (Å²) in [6.07, 6.45) is 10.9. The number of hydrogen-bond acceptors (Lipinski definition) is 2. The van der Waals surface area contributed by atoms with Gasteiger partial charge in [-0.3, -0.25) is 9.59 Å². The van der Waals surface area contributed by atoms with Crippen LogP contribution in [0.15, 0.2) is 24.3 Å². The van der Waals surface area contributed by atoms with E-state index in [1.807, 2.05) is 0 Å². The van der Waals surface area contributed by atoms with Gasteiger partial charge in [-0.1, -0.05) is 43.5 Å². The van der Waals surface area contributed by atoms with Crippen LogP contribution in [0, 0.1) is 11.8 Å². The first-order valence-electron chi connectivity index (χ1n) is 11.7. The van der Waals surface area contributed by atoms with E-state index in [1.54, 1.807) is 0 Å². The van der Waals surface area contributed by atoms with Crippen molar-refractivity contribution < 1.29 is 14.9 Å². The molecule has 1 aromatic rings. The van der Waals surface area contributed by atoms with Crippen LogP contribution in [-0.2, 0) is 22.6 Å². The summed E-state index contributed by atoms with van der Waals surface area (Å²) in [5, 5.41) is 8.64. The molecule has 158 valence electrons. The Morgan fingerprint density at radius 1 is 0.897 bits per heavy atom. The van der Waals surface area contributed by atoms with E-state index in [9.17, 15) is 9.59 Å². The molecule has 0 radical (unpaired) electrons. The van der Waals surface area contributed by atoms with Gasteiger partial charge in [-0.15, -0.1) is 0 Å². The average molecular weight is 399 g/mol. The largest absolute Gasteiger partial charge is 0.353 e. The summed E-state index contributed by atoms with van der Waals surface area (Å²) in [5.41, 5.74) is 2.65. The second-order valence-corrected chi connectivity index (χ2v) is 9.33. The number of fused-ring (bicyclic) bond motifs is 1. The zero-order valence-corrected chi connectivity index (χ0v) is 17.5. The van der Waals surface area contributed by atoms with Gasteiger partial charge in [0, 0.05) is 30.5 Å². The van der Waals surface area contributed by atoms with Crippen molar-refractivity contribution in [2.45, 2.75) is 82.8 Å². The smallest absolute Gasteiger partial charge is 0.278 e. The van der Waals surface area contributed by atoms with Crippen LogP contribution < -0.4 is 16.0 Å². The molecule has 1 heterocycles. The SMILES string of the molecule is O=C(NC1CCCCC1)C1CCC(CNC(=O)[C@@H]2Cc3ccccc3C[NH2+]2)CC1. The third-order valence-corrected chi connectivity index (χ3v) is 7.25. The van der Waals surface area contributed by atoms with Crippen LogP contribution in [0.1, 0.15) is 68.9 Å². The second-order valence-electron chi connectivity index (χ2n) is 9.33. The molecule has 2 aliphatic carbocycles. The topological polar surface area (TPSA) is 74.8 Å². The Morgan fingerprint density at radius 3 is 2.38 bits per heavy atom. The van der Waals surface area contributed by atoms with E-state index in [4.69, 9.17) is 0 Å². The molecule has 5 heteroatoms. The fourth-order valence-corrected chi connectivity index (χ4v) is 5.32. The lowest BCUT2D eigenvalue weighted by atomic mass is 9.81. The highest BCUT2D eigenvalue weighted by Gasteiger charge is 2.30. The maximum absolute atomic E-state index is 12.6. The van der Waals surface area contributed by atoms with E-state index < -0.39 is 0 Å².